The van der Waals surface area contributed by atoms with E-state index in [9.17, 15) is 4.79 Å². The summed E-state index contributed by atoms with van der Waals surface area (Å²) in [6.45, 7) is 8.34. The standard InChI is InChI=1S/C25H29NO/c1-5-23(27)18(3)25-19(4)24(21-14-10-7-11-15-21)22(16-17(2)26-25)20-12-8-6-9-13-20/h6-18,25-26H,5H2,1-4H3. The van der Waals surface area contributed by atoms with Gasteiger partial charge in [0.15, 0.2) is 0 Å². The highest BCUT2D eigenvalue weighted by Crippen LogP contribution is 2.38. The van der Waals surface area contributed by atoms with Gasteiger partial charge in [0.1, 0.15) is 5.78 Å². The van der Waals surface area contributed by atoms with Crippen LogP contribution in [0.15, 0.2) is 72.3 Å². The summed E-state index contributed by atoms with van der Waals surface area (Å²) in [5.74, 6) is 0.245. The summed E-state index contributed by atoms with van der Waals surface area (Å²) in [5, 5.41) is 3.69. The normalized spacial score (nSPS) is 21.4. The van der Waals surface area contributed by atoms with Crippen LogP contribution in [0.5, 0.6) is 0 Å². The van der Waals surface area contributed by atoms with Crippen LogP contribution in [0.2, 0.25) is 0 Å². The second-order valence-corrected chi connectivity index (χ2v) is 7.41. The predicted octanol–water partition coefficient (Wildman–Crippen LogP) is 5.52. The Morgan fingerprint density at radius 1 is 1.00 bits per heavy atom. The average molecular weight is 360 g/mol. The molecule has 0 bridgehead atoms. The van der Waals surface area contributed by atoms with E-state index < -0.39 is 0 Å². The fraction of sp³-hybridized carbons (Fsp3) is 0.320. The SMILES string of the molecule is CCC(=O)C(C)C1NC(C)C=C(c2ccccc2)C(c2ccccc2)=C1C. The molecule has 0 saturated heterocycles. The van der Waals surface area contributed by atoms with Crippen molar-refractivity contribution in [2.45, 2.75) is 46.2 Å². The van der Waals surface area contributed by atoms with Crippen LogP contribution in [0, 0.1) is 5.92 Å². The van der Waals surface area contributed by atoms with Crippen molar-refractivity contribution in [3.8, 4) is 0 Å². The van der Waals surface area contributed by atoms with Gasteiger partial charge in [-0.3, -0.25) is 4.79 Å². The first-order valence-electron chi connectivity index (χ1n) is 9.85. The van der Waals surface area contributed by atoms with Crippen molar-refractivity contribution >= 4 is 16.9 Å². The first kappa shape index (κ1) is 19.3. The first-order valence-corrected chi connectivity index (χ1v) is 9.85. The molecule has 1 N–H and O–H groups in total. The maximum atomic E-state index is 12.5. The number of benzene rings is 2. The molecule has 0 radical (unpaired) electrons. The van der Waals surface area contributed by atoms with Gasteiger partial charge in [-0.25, -0.2) is 0 Å². The predicted molar refractivity (Wildman–Crippen MR) is 114 cm³/mol. The van der Waals surface area contributed by atoms with E-state index in [1.165, 1.54) is 27.8 Å². The molecule has 3 atom stereocenters. The Labute approximate surface area is 163 Å². The number of rotatable bonds is 5. The van der Waals surface area contributed by atoms with E-state index in [0.717, 1.165) is 0 Å². The Kier molecular flexibility index (Phi) is 6.08. The summed E-state index contributed by atoms with van der Waals surface area (Å²) < 4.78 is 0. The molecule has 3 rings (SSSR count). The summed E-state index contributed by atoms with van der Waals surface area (Å²) in [6.07, 6.45) is 2.87. The van der Waals surface area contributed by atoms with Gasteiger partial charge in [0.25, 0.3) is 0 Å². The third kappa shape index (κ3) is 4.12. The number of nitrogens with one attached hydrogen (secondary N) is 1. The summed E-state index contributed by atoms with van der Waals surface area (Å²) in [7, 11) is 0. The molecule has 1 heterocycles. The van der Waals surface area contributed by atoms with Gasteiger partial charge < -0.3 is 5.32 Å². The minimum absolute atomic E-state index is 0.0279. The Morgan fingerprint density at radius 2 is 1.56 bits per heavy atom. The maximum absolute atomic E-state index is 12.5. The number of Topliss-reactive ketones (excluding diaryl/α,β-unsaturated/α-hetero) is 1. The molecule has 0 spiro atoms. The van der Waals surface area contributed by atoms with Crippen LogP contribution in [0.4, 0.5) is 0 Å². The second-order valence-electron chi connectivity index (χ2n) is 7.41. The van der Waals surface area contributed by atoms with Crippen molar-refractivity contribution in [2.75, 3.05) is 0 Å². The van der Waals surface area contributed by atoms with Crippen LogP contribution >= 0.6 is 0 Å². The van der Waals surface area contributed by atoms with Crippen LogP contribution in [0.25, 0.3) is 11.1 Å². The molecule has 27 heavy (non-hydrogen) atoms. The molecule has 3 unspecified atom stereocenters. The van der Waals surface area contributed by atoms with Crippen molar-refractivity contribution in [1.82, 2.24) is 5.32 Å². The van der Waals surface area contributed by atoms with Gasteiger partial charge in [-0.2, -0.15) is 0 Å². The van der Waals surface area contributed by atoms with E-state index >= 15 is 0 Å². The third-order valence-electron chi connectivity index (χ3n) is 5.49. The topological polar surface area (TPSA) is 29.1 Å². The minimum Gasteiger partial charge on any atom is -0.304 e. The number of ketones is 1. The molecule has 1 aliphatic rings. The number of carbonyl (C=O) groups excluding carboxylic acids is 1. The van der Waals surface area contributed by atoms with Crippen LogP contribution in [0.1, 0.15) is 45.2 Å². The summed E-state index contributed by atoms with van der Waals surface area (Å²) in [6, 6.07) is 21.3. The molecule has 0 saturated carbocycles. The Hall–Kier alpha value is -2.45. The lowest BCUT2D eigenvalue weighted by atomic mass is 9.83. The van der Waals surface area contributed by atoms with Crippen molar-refractivity contribution in [1.29, 1.82) is 0 Å². The lowest BCUT2D eigenvalue weighted by molar-refractivity contribution is -0.122. The van der Waals surface area contributed by atoms with Gasteiger partial charge in [-0.15, -0.1) is 0 Å². The number of hydrogen-bond donors (Lipinski definition) is 1. The smallest absolute Gasteiger partial charge is 0.137 e. The second kappa shape index (κ2) is 8.49. The monoisotopic (exact) mass is 359 g/mol. The van der Waals surface area contributed by atoms with Gasteiger partial charge in [0.2, 0.25) is 0 Å². The molecule has 2 nitrogen and oxygen atoms in total. The third-order valence-corrected chi connectivity index (χ3v) is 5.49. The van der Waals surface area contributed by atoms with Gasteiger partial charge in [-0.1, -0.05) is 80.6 Å². The Bertz CT molecular complexity index is 848. The lowest BCUT2D eigenvalue weighted by Gasteiger charge is -2.27. The van der Waals surface area contributed by atoms with Gasteiger partial charge in [-0.05, 0) is 41.7 Å². The number of hydrogen-bond acceptors (Lipinski definition) is 2. The molecule has 1 aliphatic heterocycles. The van der Waals surface area contributed by atoms with E-state index in [4.69, 9.17) is 0 Å². The zero-order valence-corrected chi connectivity index (χ0v) is 16.7. The van der Waals surface area contributed by atoms with E-state index in [2.05, 4.69) is 80.7 Å². The summed E-state index contributed by atoms with van der Waals surface area (Å²) >= 11 is 0. The van der Waals surface area contributed by atoms with E-state index in [0.29, 0.717) is 12.2 Å². The Morgan fingerprint density at radius 3 is 2.11 bits per heavy atom. The average Bonchev–Trinajstić information content (AvgIpc) is 2.84. The van der Waals surface area contributed by atoms with E-state index in [1.807, 2.05) is 19.1 Å². The van der Waals surface area contributed by atoms with Crippen LogP contribution < -0.4 is 5.32 Å². The Balaban J connectivity index is 2.21. The highest BCUT2D eigenvalue weighted by molar-refractivity contribution is 6.07. The highest BCUT2D eigenvalue weighted by Gasteiger charge is 2.30. The molecule has 2 aromatic carbocycles. The van der Waals surface area contributed by atoms with Gasteiger partial charge in [0.05, 0.1) is 0 Å². The molecule has 2 aromatic rings. The molecule has 2 heteroatoms. The highest BCUT2D eigenvalue weighted by atomic mass is 16.1. The quantitative estimate of drug-likeness (QED) is 0.761. The molecular weight excluding hydrogens is 330 g/mol. The molecule has 140 valence electrons. The first-order chi connectivity index (χ1) is 13.0. The van der Waals surface area contributed by atoms with Crippen molar-refractivity contribution in [3.05, 3.63) is 83.4 Å². The largest absolute Gasteiger partial charge is 0.304 e. The van der Waals surface area contributed by atoms with Crippen LogP contribution in [-0.4, -0.2) is 17.9 Å². The van der Waals surface area contributed by atoms with Crippen molar-refractivity contribution < 1.29 is 4.79 Å². The van der Waals surface area contributed by atoms with E-state index in [-0.39, 0.29) is 18.0 Å². The van der Waals surface area contributed by atoms with Gasteiger partial charge >= 0.3 is 0 Å². The number of carbonyl (C=O) groups is 1. The molecule has 0 amide bonds. The number of allylic oxidation sites excluding steroid dienone is 2. The van der Waals surface area contributed by atoms with E-state index in [1.54, 1.807) is 0 Å². The fourth-order valence-electron chi connectivity index (χ4n) is 4.03. The maximum Gasteiger partial charge on any atom is 0.137 e. The molecule has 0 aliphatic carbocycles. The van der Waals surface area contributed by atoms with Crippen molar-refractivity contribution in [3.63, 3.8) is 0 Å². The van der Waals surface area contributed by atoms with Crippen LogP contribution in [-0.2, 0) is 4.79 Å². The minimum atomic E-state index is -0.0558. The summed E-state index contributed by atoms with van der Waals surface area (Å²) in [5.41, 5.74) is 6.11. The molecular formula is C25H29NO. The summed E-state index contributed by atoms with van der Waals surface area (Å²) in [4.78, 5) is 12.5. The zero-order valence-electron chi connectivity index (χ0n) is 16.7. The molecule has 0 fully saturated rings. The van der Waals surface area contributed by atoms with Crippen LogP contribution in [0.3, 0.4) is 0 Å². The lowest BCUT2D eigenvalue weighted by Crippen LogP contribution is -2.43. The fourth-order valence-corrected chi connectivity index (χ4v) is 4.03. The zero-order chi connectivity index (χ0) is 19.4. The van der Waals surface area contributed by atoms with Gasteiger partial charge in [0, 0.05) is 24.4 Å². The van der Waals surface area contributed by atoms with Crippen molar-refractivity contribution in [2.24, 2.45) is 5.92 Å². The molecule has 0 aromatic heterocycles.